The van der Waals surface area contributed by atoms with Gasteiger partial charge in [-0.05, 0) is 30.3 Å². The van der Waals surface area contributed by atoms with Crippen LogP contribution in [0.4, 0.5) is 10.5 Å². The summed E-state index contributed by atoms with van der Waals surface area (Å²) in [6, 6.07) is 14.1. The van der Waals surface area contributed by atoms with Crippen LogP contribution in [0.15, 0.2) is 54.7 Å². The number of amides is 3. The number of ketones is 1. The minimum Gasteiger partial charge on any atom is -0.379 e. The standard InChI is InChI=1S/C27H25N7O4S/c35-25-21-17(5-3-6-18(21)30-27(37)33-34-12-14-38-15-13-34)23-22(25)24(32-31-23)19-7-8-20(39-19)26(36)29-11-9-16-4-1-2-10-28-16/h1-8,10H,9,11-15H2,(H,29,36)(H,31,32)(H2,30,33,37). The van der Waals surface area contributed by atoms with Crippen molar-refractivity contribution < 1.29 is 19.1 Å². The van der Waals surface area contributed by atoms with Gasteiger partial charge in [-0.25, -0.2) is 9.80 Å². The topological polar surface area (TPSA) is 141 Å². The second kappa shape index (κ2) is 10.8. The summed E-state index contributed by atoms with van der Waals surface area (Å²) in [7, 11) is 0. The van der Waals surface area contributed by atoms with Gasteiger partial charge in [0.2, 0.25) is 0 Å². The van der Waals surface area contributed by atoms with Gasteiger partial charge in [0.25, 0.3) is 5.91 Å². The molecule has 1 saturated heterocycles. The van der Waals surface area contributed by atoms with Crippen LogP contribution in [0.3, 0.4) is 0 Å². The highest BCUT2D eigenvalue weighted by Gasteiger charge is 2.35. The number of aromatic nitrogens is 3. The Kier molecular flexibility index (Phi) is 6.88. The van der Waals surface area contributed by atoms with Crippen LogP contribution in [0.5, 0.6) is 0 Å². The average molecular weight is 544 g/mol. The average Bonchev–Trinajstić information content (AvgIpc) is 3.67. The maximum Gasteiger partial charge on any atom is 0.333 e. The summed E-state index contributed by atoms with van der Waals surface area (Å²) in [5, 5.41) is 14.9. The molecule has 4 aromatic rings. The number of hydrazine groups is 1. The lowest BCUT2D eigenvalue weighted by molar-refractivity contribution is 0.0207. The molecule has 0 radical (unpaired) electrons. The smallest absolute Gasteiger partial charge is 0.333 e. The van der Waals surface area contributed by atoms with Crippen molar-refractivity contribution >= 4 is 34.7 Å². The van der Waals surface area contributed by atoms with E-state index in [0.29, 0.717) is 77.9 Å². The molecule has 0 bridgehead atoms. The fraction of sp³-hybridized carbons (Fsp3) is 0.222. The van der Waals surface area contributed by atoms with E-state index in [9.17, 15) is 14.4 Å². The summed E-state index contributed by atoms with van der Waals surface area (Å²) in [5.41, 5.74) is 6.65. The number of benzene rings is 1. The van der Waals surface area contributed by atoms with Crippen molar-refractivity contribution in [3.63, 3.8) is 0 Å². The van der Waals surface area contributed by atoms with E-state index in [1.165, 1.54) is 11.3 Å². The Morgan fingerprint density at radius 1 is 1.05 bits per heavy atom. The van der Waals surface area contributed by atoms with Crippen molar-refractivity contribution in [3.05, 3.63) is 76.4 Å². The third-order valence-electron chi connectivity index (χ3n) is 6.53. The molecule has 1 aromatic carbocycles. The van der Waals surface area contributed by atoms with Gasteiger partial charge in [-0.2, -0.15) is 5.10 Å². The number of carbonyl (C=O) groups excluding carboxylic acids is 3. The zero-order chi connectivity index (χ0) is 26.8. The fourth-order valence-corrected chi connectivity index (χ4v) is 5.58. The highest BCUT2D eigenvalue weighted by Crippen LogP contribution is 2.44. The van der Waals surface area contributed by atoms with Gasteiger partial charge in [-0.1, -0.05) is 18.2 Å². The Morgan fingerprint density at radius 2 is 1.92 bits per heavy atom. The van der Waals surface area contributed by atoms with E-state index in [-0.39, 0.29) is 11.7 Å². The van der Waals surface area contributed by atoms with Crippen LogP contribution in [0.1, 0.15) is 31.3 Å². The summed E-state index contributed by atoms with van der Waals surface area (Å²) in [6.45, 7) is 2.72. The molecular weight excluding hydrogens is 518 g/mol. The maximum atomic E-state index is 13.6. The summed E-state index contributed by atoms with van der Waals surface area (Å²) in [4.78, 5) is 44.5. The lowest BCUT2D eigenvalue weighted by atomic mass is 10.1. The Balaban J connectivity index is 1.16. The first-order valence-electron chi connectivity index (χ1n) is 12.5. The highest BCUT2D eigenvalue weighted by atomic mass is 32.1. The number of H-pyrrole nitrogens is 1. The number of ether oxygens (including phenoxy) is 1. The number of fused-ring (bicyclic) bond motifs is 3. The molecule has 0 spiro atoms. The van der Waals surface area contributed by atoms with Gasteiger partial charge < -0.3 is 15.4 Å². The van der Waals surface area contributed by atoms with E-state index < -0.39 is 6.03 Å². The number of morpholine rings is 1. The monoisotopic (exact) mass is 543 g/mol. The van der Waals surface area contributed by atoms with Crippen LogP contribution in [-0.4, -0.2) is 70.8 Å². The van der Waals surface area contributed by atoms with E-state index in [1.807, 2.05) is 24.3 Å². The number of pyridine rings is 1. The molecule has 0 atom stereocenters. The fourth-order valence-electron chi connectivity index (χ4n) is 4.66. The van der Waals surface area contributed by atoms with E-state index in [2.05, 4.69) is 31.2 Å². The van der Waals surface area contributed by atoms with Gasteiger partial charge in [0.05, 0.1) is 45.5 Å². The number of hydrogen-bond donors (Lipinski definition) is 4. The number of carbonyl (C=O) groups is 3. The minimum atomic E-state index is -0.429. The molecule has 3 aromatic heterocycles. The van der Waals surface area contributed by atoms with Crippen molar-refractivity contribution in [2.24, 2.45) is 0 Å². The second-order valence-corrected chi connectivity index (χ2v) is 10.1. The molecule has 4 N–H and O–H groups in total. The molecule has 2 aliphatic rings. The number of nitrogens with zero attached hydrogens (tertiary/aromatic N) is 3. The van der Waals surface area contributed by atoms with Crippen LogP contribution >= 0.6 is 11.3 Å². The predicted molar refractivity (Wildman–Crippen MR) is 146 cm³/mol. The molecule has 1 aliphatic heterocycles. The molecule has 39 heavy (non-hydrogen) atoms. The van der Waals surface area contributed by atoms with Crippen LogP contribution in [0, 0.1) is 0 Å². The largest absolute Gasteiger partial charge is 0.379 e. The molecule has 11 nitrogen and oxygen atoms in total. The van der Waals surface area contributed by atoms with Crippen molar-refractivity contribution in [2.75, 3.05) is 38.2 Å². The van der Waals surface area contributed by atoms with Crippen molar-refractivity contribution in [2.45, 2.75) is 6.42 Å². The van der Waals surface area contributed by atoms with Gasteiger partial charge in [-0.3, -0.25) is 25.1 Å². The zero-order valence-electron chi connectivity index (χ0n) is 20.8. The second-order valence-electron chi connectivity index (χ2n) is 9.04. The van der Waals surface area contributed by atoms with Gasteiger partial charge >= 0.3 is 6.03 Å². The SMILES string of the molecule is O=C(Nc1cccc2c1C(=O)c1c-2n[nH]c1-c1ccc(C(=O)NCCc2ccccn2)s1)NN1CCOCC1. The quantitative estimate of drug-likeness (QED) is 0.247. The van der Waals surface area contributed by atoms with Gasteiger partial charge in [0.1, 0.15) is 5.69 Å². The third-order valence-corrected chi connectivity index (χ3v) is 7.63. The van der Waals surface area contributed by atoms with E-state index in [0.717, 1.165) is 10.6 Å². The number of urea groups is 1. The first-order chi connectivity index (χ1) is 19.1. The third kappa shape index (κ3) is 5.04. The number of nitrogens with one attached hydrogen (secondary N) is 4. The molecule has 1 aliphatic carbocycles. The van der Waals surface area contributed by atoms with Crippen molar-refractivity contribution in [1.82, 2.24) is 30.9 Å². The first kappa shape index (κ1) is 24.9. The molecule has 0 unspecified atom stereocenters. The van der Waals surface area contributed by atoms with E-state index >= 15 is 0 Å². The van der Waals surface area contributed by atoms with Crippen molar-refractivity contribution in [1.29, 1.82) is 0 Å². The summed E-state index contributed by atoms with van der Waals surface area (Å²) < 4.78 is 5.31. The molecule has 1 fully saturated rings. The number of anilines is 1. The van der Waals surface area contributed by atoms with Crippen molar-refractivity contribution in [3.8, 4) is 21.8 Å². The zero-order valence-corrected chi connectivity index (χ0v) is 21.6. The van der Waals surface area contributed by atoms with Crippen LogP contribution < -0.4 is 16.1 Å². The molecule has 6 rings (SSSR count). The Labute approximate surface area is 227 Å². The molecule has 4 heterocycles. The van der Waals surface area contributed by atoms with Crippen LogP contribution in [-0.2, 0) is 11.2 Å². The Morgan fingerprint density at radius 3 is 2.74 bits per heavy atom. The molecule has 0 saturated carbocycles. The van der Waals surface area contributed by atoms with Gasteiger partial charge in [-0.15, -0.1) is 11.3 Å². The molecule has 12 heteroatoms. The number of rotatable bonds is 7. The first-order valence-corrected chi connectivity index (χ1v) is 13.4. The van der Waals surface area contributed by atoms with Gasteiger partial charge in [0, 0.05) is 43.5 Å². The Bertz CT molecular complexity index is 1540. The summed E-state index contributed by atoms with van der Waals surface area (Å²) in [5.74, 6) is -0.425. The van der Waals surface area contributed by atoms with Crippen LogP contribution in [0.25, 0.3) is 21.8 Å². The number of aromatic amines is 1. The lowest BCUT2D eigenvalue weighted by Crippen LogP contribution is -2.49. The molecular formula is C27H25N7O4S. The normalized spacial score (nSPS) is 14.5. The number of thiophene rings is 1. The minimum absolute atomic E-state index is 0.189. The molecule has 198 valence electrons. The number of hydrogen-bond acceptors (Lipinski definition) is 8. The predicted octanol–water partition coefficient (Wildman–Crippen LogP) is 3.09. The molecule has 3 amide bonds. The summed E-state index contributed by atoms with van der Waals surface area (Å²) >= 11 is 1.28. The Hall–Kier alpha value is -4.39. The lowest BCUT2D eigenvalue weighted by Gasteiger charge is -2.27. The van der Waals surface area contributed by atoms with E-state index in [1.54, 1.807) is 35.5 Å². The highest BCUT2D eigenvalue weighted by molar-refractivity contribution is 7.17. The summed E-state index contributed by atoms with van der Waals surface area (Å²) in [6.07, 6.45) is 2.36. The van der Waals surface area contributed by atoms with Crippen LogP contribution in [0.2, 0.25) is 0 Å². The van der Waals surface area contributed by atoms with E-state index in [4.69, 9.17) is 4.74 Å². The van der Waals surface area contributed by atoms with Gasteiger partial charge in [0.15, 0.2) is 5.78 Å². The maximum absolute atomic E-state index is 13.6.